The maximum absolute atomic E-state index is 13.1. The number of allylic oxidation sites excluding steroid dienone is 8. The maximum atomic E-state index is 13.1. The minimum atomic E-state index is -1.90. The van der Waals surface area contributed by atoms with Crippen molar-refractivity contribution in [1.82, 2.24) is 0 Å². The van der Waals surface area contributed by atoms with Gasteiger partial charge in [0.05, 0.1) is 6.61 Å². The van der Waals surface area contributed by atoms with Gasteiger partial charge in [-0.3, -0.25) is 14.4 Å². The Balaban J connectivity index is 2.70. The van der Waals surface area contributed by atoms with E-state index in [1.54, 1.807) is 0 Å². The molecule has 12 heteroatoms. The van der Waals surface area contributed by atoms with Gasteiger partial charge in [0.15, 0.2) is 24.6 Å². The summed E-state index contributed by atoms with van der Waals surface area (Å²) in [6, 6.07) is 0. The molecule has 0 aromatic heterocycles. The standard InChI is InChI=1S/C61H106O12/c1-4-7-10-13-16-19-22-25-27-30-32-35-38-41-44-47-53(62)69-50-52(71-54(63)48-45-42-39-36-33-29-24-21-18-15-12-9-6-3)51-70-61-59(57(66)56(65)58(73-61)60(67)68)72-55(64)49-46-43-40-37-34-31-28-26-23-20-17-14-11-8-5-2/h7,10,16,19,21,24-25,27,52,56-59,61,65-66H,4-6,8-9,11-15,17-18,20,22-23,26,28-51H2,1-3H3,(H,67,68)/b10-7-,19-16-,24-21-,27-25-. The summed E-state index contributed by atoms with van der Waals surface area (Å²) < 4.78 is 28.4. The molecule has 73 heavy (non-hydrogen) atoms. The van der Waals surface area contributed by atoms with Gasteiger partial charge in [-0.1, -0.05) is 217 Å². The van der Waals surface area contributed by atoms with Crippen LogP contribution in [-0.2, 0) is 42.9 Å². The Kier molecular flexibility index (Phi) is 45.9. The second-order valence-electron chi connectivity index (χ2n) is 20.3. The summed E-state index contributed by atoms with van der Waals surface area (Å²) >= 11 is 0. The zero-order chi connectivity index (χ0) is 53.3. The van der Waals surface area contributed by atoms with Crippen LogP contribution in [0.4, 0.5) is 0 Å². The third-order valence-electron chi connectivity index (χ3n) is 13.4. The van der Waals surface area contributed by atoms with Crippen LogP contribution in [0.2, 0.25) is 0 Å². The molecule has 12 nitrogen and oxygen atoms in total. The van der Waals surface area contributed by atoms with Gasteiger partial charge in [-0.15, -0.1) is 0 Å². The third kappa shape index (κ3) is 39.7. The van der Waals surface area contributed by atoms with Gasteiger partial charge in [0, 0.05) is 19.3 Å². The van der Waals surface area contributed by atoms with E-state index in [0.717, 1.165) is 116 Å². The lowest BCUT2D eigenvalue weighted by Gasteiger charge is -2.40. The number of carboxylic acid groups (broad SMARTS) is 1. The number of rotatable bonds is 50. The van der Waals surface area contributed by atoms with E-state index >= 15 is 0 Å². The Labute approximate surface area is 443 Å². The highest BCUT2D eigenvalue weighted by Gasteiger charge is 2.50. The molecule has 422 valence electrons. The molecular formula is C61H106O12. The molecule has 1 rings (SSSR count). The average Bonchev–Trinajstić information content (AvgIpc) is 3.37. The molecule has 1 aliphatic rings. The van der Waals surface area contributed by atoms with E-state index < -0.39 is 67.3 Å². The number of carbonyl (C=O) groups is 4. The SMILES string of the molecule is CC/C=C\C/C=C\C/C=C\CCCCCCCC(=O)OCC(COC1OC(C(=O)O)C(O)C(O)C1OC(=O)CCCCCCCCCCCCCCCCC)OC(=O)CCCCCCC/C=C\CCCCCC. The number of carboxylic acids is 1. The number of aliphatic carboxylic acids is 1. The molecular weight excluding hydrogens is 925 g/mol. The summed E-state index contributed by atoms with van der Waals surface area (Å²) in [5.74, 6) is -3.13. The molecule has 0 amide bonds. The van der Waals surface area contributed by atoms with Crippen LogP contribution in [0.15, 0.2) is 48.6 Å². The zero-order valence-corrected chi connectivity index (χ0v) is 46.4. The van der Waals surface area contributed by atoms with Crippen molar-refractivity contribution in [3.63, 3.8) is 0 Å². The Morgan fingerprint density at radius 3 is 1.34 bits per heavy atom. The van der Waals surface area contributed by atoms with Crippen LogP contribution in [-0.4, -0.2) is 89.2 Å². The number of carbonyl (C=O) groups excluding carboxylic acids is 3. The first-order valence-corrected chi connectivity index (χ1v) is 29.6. The molecule has 0 aliphatic carbocycles. The largest absolute Gasteiger partial charge is 0.479 e. The highest BCUT2D eigenvalue weighted by Crippen LogP contribution is 2.26. The first-order valence-electron chi connectivity index (χ1n) is 29.6. The molecule has 3 N–H and O–H groups in total. The van der Waals surface area contributed by atoms with Crippen LogP contribution >= 0.6 is 0 Å². The van der Waals surface area contributed by atoms with Crippen LogP contribution < -0.4 is 0 Å². The van der Waals surface area contributed by atoms with Crippen molar-refractivity contribution in [2.45, 2.75) is 302 Å². The summed E-state index contributed by atoms with van der Waals surface area (Å²) in [5.41, 5.74) is 0. The minimum absolute atomic E-state index is 0.0617. The van der Waals surface area contributed by atoms with Gasteiger partial charge in [0.1, 0.15) is 18.8 Å². The smallest absolute Gasteiger partial charge is 0.335 e. The molecule has 0 spiro atoms. The number of esters is 3. The van der Waals surface area contributed by atoms with E-state index in [1.807, 2.05) is 0 Å². The highest BCUT2D eigenvalue weighted by atomic mass is 16.7. The van der Waals surface area contributed by atoms with Gasteiger partial charge in [-0.2, -0.15) is 0 Å². The van der Waals surface area contributed by atoms with Gasteiger partial charge in [-0.05, 0) is 77.0 Å². The lowest BCUT2D eigenvalue weighted by Crippen LogP contribution is -2.61. The van der Waals surface area contributed by atoms with E-state index in [9.17, 15) is 34.5 Å². The first kappa shape index (κ1) is 67.7. The van der Waals surface area contributed by atoms with Crippen LogP contribution in [0.5, 0.6) is 0 Å². The third-order valence-corrected chi connectivity index (χ3v) is 13.4. The summed E-state index contributed by atoms with van der Waals surface area (Å²) in [6.07, 6.45) is 46.5. The van der Waals surface area contributed by atoms with E-state index in [-0.39, 0.29) is 25.9 Å². The first-order chi connectivity index (χ1) is 35.6. The topological polar surface area (TPSA) is 175 Å². The fraction of sp³-hybridized carbons (Fsp3) is 0.803. The van der Waals surface area contributed by atoms with Crippen molar-refractivity contribution in [2.24, 2.45) is 0 Å². The summed E-state index contributed by atoms with van der Waals surface area (Å²) in [5, 5.41) is 31.5. The Bertz CT molecular complexity index is 1460. The van der Waals surface area contributed by atoms with E-state index in [2.05, 4.69) is 69.4 Å². The van der Waals surface area contributed by atoms with Crippen LogP contribution in [0.1, 0.15) is 265 Å². The number of ether oxygens (including phenoxy) is 5. The predicted octanol–water partition coefficient (Wildman–Crippen LogP) is 15.0. The molecule has 0 radical (unpaired) electrons. The zero-order valence-electron chi connectivity index (χ0n) is 46.4. The Hall–Kier alpha value is -3.32. The number of unbranched alkanes of at least 4 members (excludes halogenated alkanes) is 28. The van der Waals surface area contributed by atoms with Gasteiger partial charge in [0.25, 0.3) is 0 Å². The van der Waals surface area contributed by atoms with E-state index in [0.29, 0.717) is 19.3 Å². The maximum Gasteiger partial charge on any atom is 0.335 e. The number of hydrogen-bond acceptors (Lipinski definition) is 11. The van der Waals surface area contributed by atoms with E-state index in [4.69, 9.17) is 23.7 Å². The Morgan fingerprint density at radius 2 is 0.863 bits per heavy atom. The van der Waals surface area contributed by atoms with Crippen molar-refractivity contribution < 1.29 is 58.2 Å². The molecule has 0 saturated carbocycles. The fourth-order valence-corrected chi connectivity index (χ4v) is 8.85. The van der Waals surface area contributed by atoms with Crippen molar-refractivity contribution >= 4 is 23.9 Å². The molecule has 1 heterocycles. The van der Waals surface area contributed by atoms with Crippen LogP contribution in [0, 0.1) is 0 Å². The minimum Gasteiger partial charge on any atom is -0.479 e. The quantitative estimate of drug-likeness (QED) is 0.0228. The predicted molar refractivity (Wildman–Crippen MR) is 294 cm³/mol. The molecule has 0 aromatic carbocycles. The van der Waals surface area contributed by atoms with Crippen molar-refractivity contribution in [1.29, 1.82) is 0 Å². The summed E-state index contributed by atoms with van der Waals surface area (Å²) in [7, 11) is 0. The van der Waals surface area contributed by atoms with Gasteiger partial charge in [0.2, 0.25) is 0 Å². The molecule has 1 aliphatic heterocycles. The number of aliphatic hydroxyl groups is 2. The lowest BCUT2D eigenvalue weighted by molar-refractivity contribution is -0.301. The van der Waals surface area contributed by atoms with Crippen LogP contribution in [0.3, 0.4) is 0 Å². The van der Waals surface area contributed by atoms with E-state index in [1.165, 1.54) is 89.9 Å². The van der Waals surface area contributed by atoms with Crippen LogP contribution in [0.25, 0.3) is 0 Å². The van der Waals surface area contributed by atoms with Gasteiger partial charge < -0.3 is 39.0 Å². The molecule has 6 unspecified atom stereocenters. The number of aliphatic hydroxyl groups excluding tert-OH is 2. The summed E-state index contributed by atoms with van der Waals surface area (Å²) in [4.78, 5) is 51.1. The Morgan fingerprint density at radius 1 is 0.466 bits per heavy atom. The van der Waals surface area contributed by atoms with Crippen molar-refractivity contribution in [3.05, 3.63) is 48.6 Å². The second kappa shape index (κ2) is 49.6. The molecule has 0 bridgehead atoms. The summed E-state index contributed by atoms with van der Waals surface area (Å²) in [6.45, 7) is 5.86. The van der Waals surface area contributed by atoms with Crippen molar-refractivity contribution in [3.8, 4) is 0 Å². The molecule has 0 aromatic rings. The van der Waals surface area contributed by atoms with Gasteiger partial charge in [-0.25, -0.2) is 4.79 Å². The van der Waals surface area contributed by atoms with Gasteiger partial charge >= 0.3 is 23.9 Å². The normalized spacial score (nSPS) is 18.6. The lowest BCUT2D eigenvalue weighted by atomic mass is 9.98. The fourth-order valence-electron chi connectivity index (χ4n) is 8.85. The molecule has 1 fully saturated rings. The monoisotopic (exact) mass is 1030 g/mol. The second-order valence-corrected chi connectivity index (χ2v) is 20.3. The molecule has 6 atom stereocenters. The average molecular weight is 1030 g/mol. The highest BCUT2D eigenvalue weighted by molar-refractivity contribution is 5.74. The number of hydrogen-bond donors (Lipinski definition) is 3. The molecule has 1 saturated heterocycles. The van der Waals surface area contributed by atoms with Crippen molar-refractivity contribution in [2.75, 3.05) is 13.2 Å².